The van der Waals surface area contributed by atoms with Crippen LogP contribution in [0.4, 0.5) is 0 Å². The van der Waals surface area contributed by atoms with Gasteiger partial charge in [0, 0.05) is 48.7 Å². The molecule has 18 heteroatoms. The summed E-state index contributed by atoms with van der Waals surface area (Å²) in [7, 11) is 0. The number of carboxylic acid groups (broad SMARTS) is 1. The largest absolute Gasteiger partial charge is 0.620 e. The summed E-state index contributed by atoms with van der Waals surface area (Å²) in [6.07, 6.45) is 9.16. The molecule has 0 aliphatic carbocycles. The van der Waals surface area contributed by atoms with Crippen molar-refractivity contribution in [2.75, 3.05) is 26.3 Å². The molecule has 1 aromatic carbocycles. The van der Waals surface area contributed by atoms with Crippen LogP contribution < -0.4 is 10.6 Å². The van der Waals surface area contributed by atoms with Gasteiger partial charge in [0.15, 0.2) is 6.23 Å². The Balaban J connectivity index is 0.00000972. The zero-order chi connectivity index (χ0) is 37.9. The minimum Gasteiger partial charge on any atom is -0.620 e. The number of carbonyl (C=O) groups is 4. The van der Waals surface area contributed by atoms with Crippen molar-refractivity contribution in [3.8, 4) is 5.75 Å². The zero-order valence-corrected chi connectivity index (χ0v) is 30.4. The van der Waals surface area contributed by atoms with Crippen LogP contribution in [0.2, 0.25) is 0 Å². The summed E-state index contributed by atoms with van der Waals surface area (Å²) in [5.74, 6) is -2.87. The molecule has 0 radical (unpaired) electrons. The fourth-order valence-electron chi connectivity index (χ4n) is 5.26. The van der Waals surface area contributed by atoms with Gasteiger partial charge in [-0.2, -0.15) is 10.1 Å². The van der Waals surface area contributed by atoms with Gasteiger partial charge in [0.2, 0.25) is 11.8 Å². The Kier molecular flexibility index (Phi) is 21.1. The van der Waals surface area contributed by atoms with E-state index in [1.54, 1.807) is 42.5 Å². The number of nitrogens with one attached hydrogen (secondary N) is 2. The fraction of sp³-hybridized carbons (Fsp3) is 0.543. The molecule has 0 spiro atoms. The van der Waals surface area contributed by atoms with Crippen molar-refractivity contribution < 1.29 is 76.6 Å². The molecule has 17 nitrogen and oxygen atoms in total. The molecular weight excluding hydrogens is 738 g/mol. The number of phenols is 1. The number of esters is 1. The number of aliphatic hydroxyl groups excluding tert-OH is 2. The van der Waals surface area contributed by atoms with Gasteiger partial charge in [0.25, 0.3) is 0 Å². The summed E-state index contributed by atoms with van der Waals surface area (Å²) in [6, 6.07) is 3.42. The Labute approximate surface area is 318 Å². The van der Waals surface area contributed by atoms with Gasteiger partial charge in [0.05, 0.1) is 12.5 Å². The molecule has 2 amide bonds. The van der Waals surface area contributed by atoms with Crippen molar-refractivity contribution in [3.05, 3.63) is 71.6 Å². The SMILES string of the molecule is O=C(O)CC/C=C/CC/C=C/C(O)N(O)CCCCC(NC(=O)C1COC(c2ccccc2O)[N-]1)C(=O)OCCC(=O)NC1C=CCCN(O)C1O.[Fe]. The maximum Gasteiger partial charge on any atom is 0.328 e. The van der Waals surface area contributed by atoms with E-state index in [0.29, 0.717) is 49.2 Å². The van der Waals surface area contributed by atoms with E-state index in [2.05, 4.69) is 16.0 Å². The summed E-state index contributed by atoms with van der Waals surface area (Å²) >= 11 is 0. The standard InChI is InChI=1S/C35H50N5O12.Fe/c41-28-16-8-7-13-24(28)33-38-27(23-52-33)32(46)37-26(35(48)51-22-19-29(42)36-25-14-9-12-21-40(50)34(25)47)15-10-11-20-39(49)30(43)17-5-3-1-2-4-6-18-31(44)45;/h2,4-5,7-9,13-14,16-17,25-27,30,33-34,41,43,47,49-50H,1,3,6,10-12,15,18-23H2,(H,36,42)(H,37,46)(H,44,45);/q-1;/b4-2+,17-5+;. The average molecular weight is 789 g/mol. The van der Waals surface area contributed by atoms with Crippen LogP contribution in [-0.4, -0.2) is 122 Å². The Morgan fingerprint density at radius 2 is 1.83 bits per heavy atom. The summed E-state index contributed by atoms with van der Waals surface area (Å²) < 4.78 is 10.9. The van der Waals surface area contributed by atoms with Crippen molar-refractivity contribution in [3.63, 3.8) is 0 Å². The van der Waals surface area contributed by atoms with Gasteiger partial charge in [-0.1, -0.05) is 48.6 Å². The first kappa shape index (κ1) is 45.5. The van der Waals surface area contributed by atoms with Gasteiger partial charge < -0.3 is 56.3 Å². The summed E-state index contributed by atoms with van der Waals surface area (Å²) in [5.41, 5.74) is 0.390. The zero-order valence-electron chi connectivity index (χ0n) is 29.3. The monoisotopic (exact) mass is 788 g/mol. The Morgan fingerprint density at radius 3 is 2.58 bits per heavy atom. The number of benzene rings is 1. The molecule has 6 atom stereocenters. The molecule has 1 saturated heterocycles. The van der Waals surface area contributed by atoms with E-state index in [1.165, 1.54) is 12.1 Å². The molecule has 6 unspecified atom stereocenters. The van der Waals surface area contributed by atoms with Gasteiger partial charge in [-0.25, -0.2) is 4.79 Å². The number of unbranched alkanes of at least 4 members (excludes halogenated alkanes) is 2. The maximum absolute atomic E-state index is 13.2. The van der Waals surface area contributed by atoms with E-state index in [0.717, 1.165) is 5.06 Å². The number of hydrogen-bond acceptors (Lipinski definition) is 13. The molecule has 3 rings (SSSR count). The summed E-state index contributed by atoms with van der Waals surface area (Å²) in [4.78, 5) is 49.4. The summed E-state index contributed by atoms with van der Waals surface area (Å²) in [5, 5.41) is 70.3. The number of aliphatic carboxylic acids is 1. The molecule has 0 bridgehead atoms. The minimum atomic E-state index is -1.35. The van der Waals surface area contributed by atoms with E-state index in [9.17, 15) is 44.9 Å². The number of nitrogens with zero attached hydrogens (tertiary/aromatic N) is 3. The Bertz CT molecular complexity index is 1400. The number of phenolic OH excluding ortho intramolecular Hbond substituents is 1. The van der Waals surface area contributed by atoms with Gasteiger partial charge in [-0.3, -0.25) is 14.4 Å². The third-order valence-corrected chi connectivity index (χ3v) is 8.16. The smallest absolute Gasteiger partial charge is 0.328 e. The molecule has 1 fully saturated rings. The maximum atomic E-state index is 13.2. The van der Waals surface area contributed by atoms with Gasteiger partial charge >= 0.3 is 11.9 Å². The molecule has 0 saturated carbocycles. The number of hydrogen-bond donors (Lipinski definition) is 8. The minimum absolute atomic E-state index is 0. The van der Waals surface area contributed by atoms with Gasteiger partial charge in [0.1, 0.15) is 24.6 Å². The van der Waals surface area contributed by atoms with E-state index < -0.39 is 60.6 Å². The van der Waals surface area contributed by atoms with E-state index in [4.69, 9.17) is 14.6 Å². The van der Waals surface area contributed by atoms with Crippen molar-refractivity contribution in [1.82, 2.24) is 20.8 Å². The van der Waals surface area contributed by atoms with E-state index in [-0.39, 0.29) is 68.4 Å². The van der Waals surface area contributed by atoms with Crippen LogP contribution in [0.15, 0.2) is 60.7 Å². The van der Waals surface area contributed by atoms with Crippen molar-refractivity contribution in [1.29, 1.82) is 0 Å². The Hall–Kier alpha value is -3.68. The number of carbonyl (C=O) groups excluding carboxylic acids is 3. The Morgan fingerprint density at radius 1 is 1.09 bits per heavy atom. The molecular formula is C35H50FeN5O12-. The number of carboxylic acids is 1. The number of aliphatic hydroxyl groups is 2. The number of amides is 2. The van der Waals surface area contributed by atoms with E-state index in [1.807, 2.05) is 6.08 Å². The second kappa shape index (κ2) is 24.6. The van der Waals surface area contributed by atoms with Crippen molar-refractivity contribution in [2.24, 2.45) is 0 Å². The predicted molar refractivity (Wildman–Crippen MR) is 184 cm³/mol. The summed E-state index contributed by atoms with van der Waals surface area (Å²) in [6.45, 7) is -0.196. The molecule has 0 aromatic heterocycles. The average Bonchev–Trinajstić information content (AvgIpc) is 3.55. The number of allylic oxidation sites excluding steroid dienone is 3. The molecule has 53 heavy (non-hydrogen) atoms. The fourth-order valence-corrected chi connectivity index (χ4v) is 5.26. The van der Waals surface area contributed by atoms with Crippen LogP contribution in [0.5, 0.6) is 5.75 Å². The first-order chi connectivity index (χ1) is 25.0. The number of rotatable bonds is 21. The van der Waals surface area contributed by atoms with Crippen LogP contribution in [0.25, 0.3) is 5.32 Å². The second-order valence-electron chi connectivity index (χ2n) is 12.3. The predicted octanol–water partition coefficient (Wildman–Crippen LogP) is 1.97. The van der Waals surface area contributed by atoms with Crippen molar-refractivity contribution in [2.45, 2.75) is 94.6 Å². The second-order valence-corrected chi connectivity index (χ2v) is 12.3. The van der Waals surface area contributed by atoms with Gasteiger partial charge in [-0.15, -0.1) is 0 Å². The third-order valence-electron chi connectivity index (χ3n) is 8.16. The van der Waals surface area contributed by atoms with Crippen LogP contribution in [-0.2, 0) is 45.7 Å². The van der Waals surface area contributed by atoms with Crippen LogP contribution in [0.1, 0.15) is 69.6 Å². The number of hydroxylamine groups is 4. The first-order valence-electron chi connectivity index (χ1n) is 17.3. The molecule has 2 aliphatic heterocycles. The molecule has 1 aromatic rings. The topological polar surface area (TPSA) is 253 Å². The molecule has 2 heterocycles. The number of aromatic hydroxyl groups is 1. The molecule has 296 valence electrons. The molecule has 2 aliphatic rings. The number of para-hydroxylation sites is 1. The van der Waals surface area contributed by atoms with Gasteiger partial charge in [-0.05, 0) is 69.4 Å². The van der Waals surface area contributed by atoms with Crippen molar-refractivity contribution >= 4 is 23.8 Å². The quantitative estimate of drug-likeness (QED) is 0.0222. The number of ether oxygens (including phenoxy) is 2. The van der Waals surface area contributed by atoms with Crippen LogP contribution >= 0.6 is 0 Å². The normalized spacial score (nSPS) is 21.6. The first-order valence-corrected chi connectivity index (χ1v) is 17.3. The molecule has 8 N–H and O–H groups in total. The third kappa shape index (κ3) is 16.5. The van der Waals surface area contributed by atoms with Crippen LogP contribution in [0.3, 0.4) is 0 Å². The van der Waals surface area contributed by atoms with E-state index >= 15 is 0 Å². The van der Waals surface area contributed by atoms with Crippen LogP contribution in [0, 0.1) is 0 Å².